The average molecular weight is 276 g/mol. The van der Waals surface area contributed by atoms with Crippen LogP contribution in [-0.2, 0) is 4.79 Å². The number of benzene rings is 2. The predicted molar refractivity (Wildman–Crippen MR) is 68.4 cm³/mol. The highest BCUT2D eigenvalue weighted by Crippen LogP contribution is 2.26. The average Bonchev–Trinajstić information content (AvgIpc) is 2.41. The molecule has 0 aliphatic carbocycles. The minimum atomic E-state index is -1.24. The number of ketones is 1. The maximum Gasteiger partial charge on any atom is 0.311 e. The molecule has 0 saturated carbocycles. The first-order chi connectivity index (χ1) is 9.49. The Morgan fingerprint density at radius 2 is 1.70 bits per heavy atom. The van der Waals surface area contributed by atoms with E-state index in [1.54, 1.807) is 18.2 Å². The molecule has 20 heavy (non-hydrogen) atoms. The van der Waals surface area contributed by atoms with Gasteiger partial charge in [0.15, 0.2) is 17.4 Å². The second-order valence-corrected chi connectivity index (χ2v) is 4.17. The fraction of sp³-hybridized carbons (Fsp3) is 0.0667. The quantitative estimate of drug-likeness (QED) is 0.688. The van der Waals surface area contributed by atoms with Gasteiger partial charge in [-0.1, -0.05) is 30.3 Å². The highest BCUT2D eigenvalue weighted by Gasteiger charge is 2.16. The summed E-state index contributed by atoms with van der Waals surface area (Å²) in [4.78, 5) is 22.5. The minimum Gasteiger partial charge on any atom is -0.481 e. The van der Waals surface area contributed by atoms with Crippen LogP contribution < -0.4 is 0 Å². The third-order valence-electron chi connectivity index (χ3n) is 2.77. The lowest BCUT2D eigenvalue weighted by atomic mass is 9.96. The minimum absolute atomic E-state index is 0.168. The molecule has 0 saturated heterocycles. The summed E-state index contributed by atoms with van der Waals surface area (Å²) in [6.07, 6.45) is -0.652. The normalized spacial score (nSPS) is 10.3. The molecule has 0 unspecified atom stereocenters. The van der Waals surface area contributed by atoms with Gasteiger partial charge in [0, 0.05) is 5.56 Å². The Hall–Kier alpha value is -2.56. The van der Waals surface area contributed by atoms with Gasteiger partial charge in [0.25, 0.3) is 0 Å². The topological polar surface area (TPSA) is 54.4 Å². The Kier molecular flexibility index (Phi) is 3.89. The van der Waals surface area contributed by atoms with Crippen LogP contribution in [0.15, 0.2) is 42.5 Å². The Labute approximate surface area is 113 Å². The largest absolute Gasteiger partial charge is 0.481 e. The number of aliphatic carboxylic acids is 1. The van der Waals surface area contributed by atoms with Crippen molar-refractivity contribution >= 4 is 11.8 Å². The number of hydrogen-bond donors (Lipinski definition) is 1. The lowest BCUT2D eigenvalue weighted by molar-refractivity contribution is -0.135. The summed E-state index contributed by atoms with van der Waals surface area (Å²) in [7, 11) is 0. The van der Waals surface area contributed by atoms with Gasteiger partial charge in [0.1, 0.15) is 6.42 Å². The zero-order valence-electron chi connectivity index (χ0n) is 10.3. The molecule has 5 heteroatoms. The fourth-order valence-corrected chi connectivity index (χ4v) is 1.87. The van der Waals surface area contributed by atoms with Gasteiger partial charge in [0.2, 0.25) is 0 Å². The van der Waals surface area contributed by atoms with E-state index in [-0.39, 0.29) is 5.56 Å². The predicted octanol–water partition coefficient (Wildman–Crippen LogP) is 3.29. The molecule has 3 nitrogen and oxygen atoms in total. The number of halogens is 2. The summed E-state index contributed by atoms with van der Waals surface area (Å²) in [6, 6.07) is 9.51. The van der Waals surface area contributed by atoms with E-state index >= 15 is 0 Å². The highest BCUT2D eigenvalue weighted by atomic mass is 19.2. The molecule has 0 fully saturated rings. The van der Waals surface area contributed by atoms with Crippen LogP contribution in [0.4, 0.5) is 8.78 Å². The molecule has 2 aromatic rings. The molecule has 102 valence electrons. The summed E-state index contributed by atoms with van der Waals surface area (Å²) < 4.78 is 26.2. The third-order valence-corrected chi connectivity index (χ3v) is 2.77. The van der Waals surface area contributed by atoms with Crippen LogP contribution in [0.5, 0.6) is 0 Å². The molecule has 0 radical (unpaired) electrons. The number of Topliss-reactive ketones (excluding diaryl/α,β-unsaturated/α-hetero) is 1. The number of rotatable bonds is 4. The van der Waals surface area contributed by atoms with Crippen molar-refractivity contribution in [2.45, 2.75) is 6.42 Å². The molecule has 0 heterocycles. The molecule has 1 N–H and O–H groups in total. The first-order valence-electron chi connectivity index (χ1n) is 5.78. The van der Waals surface area contributed by atoms with E-state index in [0.29, 0.717) is 11.1 Å². The van der Waals surface area contributed by atoms with Crippen LogP contribution in [-0.4, -0.2) is 16.9 Å². The Morgan fingerprint density at radius 3 is 2.35 bits per heavy atom. The molecular weight excluding hydrogens is 266 g/mol. The highest BCUT2D eigenvalue weighted by molar-refractivity contribution is 6.09. The number of carboxylic acids is 1. The van der Waals surface area contributed by atoms with E-state index in [1.165, 1.54) is 12.1 Å². The first-order valence-corrected chi connectivity index (χ1v) is 5.78. The molecule has 0 aromatic heterocycles. The molecule has 0 amide bonds. The van der Waals surface area contributed by atoms with Crippen molar-refractivity contribution in [2.24, 2.45) is 0 Å². The zero-order valence-corrected chi connectivity index (χ0v) is 10.3. The fourth-order valence-electron chi connectivity index (χ4n) is 1.87. The van der Waals surface area contributed by atoms with Crippen LogP contribution in [0.3, 0.4) is 0 Å². The summed E-state index contributed by atoms with van der Waals surface area (Å²) in [6.45, 7) is 0. The second-order valence-electron chi connectivity index (χ2n) is 4.17. The molecule has 2 aromatic carbocycles. The van der Waals surface area contributed by atoms with Gasteiger partial charge in [0.05, 0.1) is 0 Å². The van der Waals surface area contributed by atoms with E-state index in [0.717, 1.165) is 12.1 Å². The molecule has 0 aliphatic rings. The maximum atomic E-state index is 13.3. The van der Waals surface area contributed by atoms with Crippen molar-refractivity contribution < 1.29 is 23.5 Å². The number of hydrogen-bond acceptors (Lipinski definition) is 2. The van der Waals surface area contributed by atoms with Gasteiger partial charge in [-0.25, -0.2) is 8.78 Å². The third kappa shape index (κ3) is 2.88. The van der Waals surface area contributed by atoms with Crippen molar-refractivity contribution in [3.05, 3.63) is 59.7 Å². The Morgan fingerprint density at radius 1 is 1.00 bits per heavy atom. The van der Waals surface area contributed by atoms with Gasteiger partial charge in [-0.2, -0.15) is 0 Å². The Balaban J connectivity index is 2.49. The zero-order chi connectivity index (χ0) is 14.7. The number of carbonyl (C=O) groups excluding carboxylic acids is 1. The number of carbonyl (C=O) groups is 2. The van der Waals surface area contributed by atoms with E-state index in [9.17, 15) is 18.4 Å². The summed E-state index contributed by atoms with van der Waals surface area (Å²) in [5, 5.41) is 8.66. The second kappa shape index (κ2) is 5.61. The SMILES string of the molecule is O=C(O)CC(=O)c1ccccc1-c1ccc(F)c(F)c1. The molecule has 0 aliphatic heterocycles. The lowest BCUT2D eigenvalue weighted by Gasteiger charge is -2.08. The van der Waals surface area contributed by atoms with Gasteiger partial charge in [-0.15, -0.1) is 0 Å². The maximum absolute atomic E-state index is 13.3. The van der Waals surface area contributed by atoms with Crippen LogP contribution in [0.25, 0.3) is 11.1 Å². The Bertz CT molecular complexity index is 681. The monoisotopic (exact) mass is 276 g/mol. The van der Waals surface area contributed by atoms with Crippen molar-refractivity contribution in [2.75, 3.05) is 0 Å². The van der Waals surface area contributed by atoms with E-state index in [4.69, 9.17) is 5.11 Å². The molecule has 0 bridgehead atoms. The summed E-state index contributed by atoms with van der Waals surface area (Å²) in [5.41, 5.74) is 0.858. The standard InChI is InChI=1S/C15H10F2O3/c16-12-6-5-9(7-13(12)17)10-3-1-2-4-11(10)14(18)8-15(19)20/h1-7H,8H2,(H,19,20). The van der Waals surface area contributed by atoms with Crippen LogP contribution in [0.1, 0.15) is 16.8 Å². The van der Waals surface area contributed by atoms with Gasteiger partial charge < -0.3 is 5.11 Å². The van der Waals surface area contributed by atoms with Crippen LogP contribution in [0, 0.1) is 11.6 Å². The van der Waals surface area contributed by atoms with Crippen molar-refractivity contribution in [1.29, 1.82) is 0 Å². The summed E-state index contributed by atoms with van der Waals surface area (Å²) >= 11 is 0. The van der Waals surface area contributed by atoms with Crippen LogP contribution >= 0.6 is 0 Å². The lowest BCUT2D eigenvalue weighted by Crippen LogP contribution is -2.08. The smallest absolute Gasteiger partial charge is 0.311 e. The van der Waals surface area contributed by atoms with E-state index < -0.39 is 29.8 Å². The van der Waals surface area contributed by atoms with E-state index in [1.807, 2.05) is 0 Å². The molecular formula is C15H10F2O3. The first kappa shape index (κ1) is 13.9. The van der Waals surface area contributed by atoms with E-state index in [2.05, 4.69) is 0 Å². The molecule has 2 rings (SSSR count). The van der Waals surface area contributed by atoms with Gasteiger partial charge in [-0.05, 0) is 23.3 Å². The van der Waals surface area contributed by atoms with Crippen molar-refractivity contribution in [1.82, 2.24) is 0 Å². The van der Waals surface area contributed by atoms with Crippen molar-refractivity contribution in [3.8, 4) is 11.1 Å². The van der Waals surface area contributed by atoms with Gasteiger partial charge >= 0.3 is 5.97 Å². The summed E-state index contributed by atoms with van der Waals surface area (Å²) in [5.74, 6) is -3.83. The van der Waals surface area contributed by atoms with Gasteiger partial charge in [-0.3, -0.25) is 9.59 Å². The van der Waals surface area contributed by atoms with Crippen molar-refractivity contribution in [3.63, 3.8) is 0 Å². The van der Waals surface area contributed by atoms with Crippen LogP contribution in [0.2, 0.25) is 0 Å². The molecule has 0 spiro atoms. The number of carboxylic acid groups (broad SMARTS) is 1. The molecule has 0 atom stereocenters.